The number of anilines is 1. The second-order valence-corrected chi connectivity index (χ2v) is 6.36. The first kappa shape index (κ1) is 15.9. The van der Waals surface area contributed by atoms with E-state index in [0.29, 0.717) is 12.1 Å². The van der Waals surface area contributed by atoms with Gasteiger partial charge in [0.25, 0.3) is 0 Å². The van der Waals surface area contributed by atoms with Crippen LogP contribution in [0.1, 0.15) is 21.8 Å². The maximum atomic E-state index is 11.0. The number of hydrogen-bond donors (Lipinski definition) is 1. The van der Waals surface area contributed by atoms with Gasteiger partial charge in [-0.3, -0.25) is 0 Å². The van der Waals surface area contributed by atoms with Crippen LogP contribution in [0.5, 0.6) is 0 Å². The molecule has 0 saturated heterocycles. The smallest absolute Gasteiger partial charge is 0.335 e. The summed E-state index contributed by atoms with van der Waals surface area (Å²) in [6, 6.07) is 23.5. The van der Waals surface area contributed by atoms with Crippen molar-refractivity contribution in [1.82, 2.24) is 0 Å². The van der Waals surface area contributed by atoms with Gasteiger partial charge in [-0.2, -0.15) is 5.26 Å². The molecule has 1 aliphatic rings. The van der Waals surface area contributed by atoms with E-state index in [1.807, 2.05) is 23.2 Å². The molecule has 26 heavy (non-hydrogen) atoms. The van der Waals surface area contributed by atoms with Crippen molar-refractivity contribution in [1.29, 1.82) is 5.26 Å². The molecule has 0 amide bonds. The summed E-state index contributed by atoms with van der Waals surface area (Å²) in [7, 11) is 0. The molecule has 0 saturated carbocycles. The Labute approximate surface area is 151 Å². The number of fused-ring (bicyclic) bond motifs is 1. The van der Waals surface area contributed by atoms with Gasteiger partial charge in [-0.05, 0) is 40.6 Å². The molecule has 0 fully saturated rings. The van der Waals surface area contributed by atoms with E-state index in [2.05, 4.69) is 36.4 Å². The van der Waals surface area contributed by atoms with E-state index >= 15 is 0 Å². The monoisotopic (exact) mass is 340 g/mol. The maximum absolute atomic E-state index is 11.0. The number of benzene rings is 3. The molecular weight excluding hydrogens is 324 g/mol. The molecule has 1 atom stereocenters. The molecule has 3 aromatic carbocycles. The van der Waals surface area contributed by atoms with Crippen LogP contribution in [0.15, 0.2) is 78.5 Å². The summed E-state index contributed by atoms with van der Waals surface area (Å²) in [5, 5.41) is 20.9. The van der Waals surface area contributed by atoms with Gasteiger partial charge in [0.05, 0.1) is 17.2 Å². The average molecular weight is 340 g/mol. The average Bonchev–Trinajstić information content (AvgIpc) is 3.12. The van der Waals surface area contributed by atoms with Crippen LogP contribution in [0, 0.1) is 11.3 Å². The summed E-state index contributed by atoms with van der Waals surface area (Å²) < 4.78 is 0. The Morgan fingerprint density at radius 3 is 2.46 bits per heavy atom. The first-order chi connectivity index (χ1) is 12.7. The molecule has 4 rings (SSSR count). The van der Waals surface area contributed by atoms with E-state index in [9.17, 15) is 10.1 Å². The summed E-state index contributed by atoms with van der Waals surface area (Å²) in [4.78, 5) is 13.0. The van der Waals surface area contributed by atoms with Crippen LogP contribution in [0.25, 0.3) is 10.8 Å². The quantitative estimate of drug-likeness (QED) is 0.760. The van der Waals surface area contributed by atoms with Crippen LogP contribution in [-0.2, 0) is 0 Å². The Morgan fingerprint density at radius 1 is 1.04 bits per heavy atom. The normalized spacial score (nSPS) is 16.3. The van der Waals surface area contributed by atoms with Gasteiger partial charge >= 0.3 is 5.97 Å². The van der Waals surface area contributed by atoms with Crippen LogP contribution >= 0.6 is 0 Å². The molecule has 0 aliphatic carbocycles. The third kappa shape index (κ3) is 2.80. The molecule has 1 heterocycles. The fraction of sp³-hybridized carbons (Fsp3) is 0.0909. The number of carboxylic acid groups (broad SMARTS) is 1. The summed E-state index contributed by atoms with van der Waals surface area (Å²) in [5.74, 6) is -0.941. The Morgan fingerprint density at radius 2 is 1.77 bits per heavy atom. The number of carbonyl (C=O) groups is 1. The van der Waals surface area contributed by atoms with Crippen LogP contribution in [0.3, 0.4) is 0 Å². The molecule has 3 aromatic rings. The van der Waals surface area contributed by atoms with Gasteiger partial charge in [-0.1, -0.05) is 42.5 Å². The van der Waals surface area contributed by atoms with Crippen molar-refractivity contribution in [3.8, 4) is 6.07 Å². The molecule has 126 valence electrons. The van der Waals surface area contributed by atoms with Gasteiger partial charge in [-0.15, -0.1) is 0 Å². The molecule has 4 nitrogen and oxygen atoms in total. The molecule has 1 unspecified atom stereocenters. The molecule has 1 N–H and O–H groups in total. The van der Waals surface area contributed by atoms with Crippen molar-refractivity contribution >= 4 is 22.4 Å². The van der Waals surface area contributed by atoms with Crippen LogP contribution in [0.4, 0.5) is 5.69 Å². The van der Waals surface area contributed by atoms with Gasteiger partial charge in [-0.25, -0.2) is 4.79 Å². The zero-order valence-electron chi connectivity index (χ0n) is 14.0. The zero-order valence-corrected chi connectivity index (χ0v) is 14.0. The fourth-order valence-electron chi connectivity index (χ4n) is 3.40. The minimum absolute atomic E-state index is 0.00348. The Kier molecular flexibility index (Phi) is 3.91. The van der Waals surface area contributed by atoms with E-state index in [0.717, 1.165) is 16.6 Å². The SMILES string of the molecule is N#CC1=CN(c2ccc(C(=O)O)cc2)CC1c1ccc2ccccc2c1. The van der Waals surface area contributed by atoms with Crippen LogP contribution in [-0.4, -0.2) is 17.6 Å². The van der Waals surface area contributed by atoms with E-state index in [1.54, 1.807) is 24.3 Å². The predicted octanol–water partition coefficient (Wildman–Crippen LogP) is 4.55. The first-order valence-corrected chi connectivity index (χ1v) is 8.36. The van der Waals surface area contributed by atoms with Crippen LogP contribution in [0.2, 0.25) is 0 Å². The van der Waals surface area contributed by atoms with Gasteiger partial charge in [0.1, 0.15) is 0 Å². The molecule has 0 bridgehead atoms. The van der Waals surface area contributed by atoms with Gasteiger partial charge in [0.15, 0.2) is 0 Å². The number of nitrogens with zero attached hydrogens (tertiary/aromatic N) is 2. The lowest BCUT2D eigenvalue weighted by atomic mass is 9.92. The third-order valence-electron chi connectivity index (χ3n) is 4.80. The van der Waals surface area contributed by atoms with Crippen LogP contribution < -0.4 is 4.90 Å². The predicted molar refractivity (Wildman–Crippen MR) is 101 cm³/mol. The minimum atomic E-state index is -0.944. The van der Waals surface area contributed by atoms with Gasteiger partial charge in [0, 0.05) is 24.4 Å². The Balaban J connectivity index is 1.65. The molecule has 1 aliphatic heterocycles. The van der Waals surface area contributed by atoms with Crippen molar-refractivity contribution in [2.45, 2.75) is 5.92 Å². The molecule has 0 spiro atoms. The second-order valence-electron chi connectivity index (χ2n) is 6.36. The highest BCUT2D eigenvalue weighted by Crippen LogP contribution is 2.35. The lowest BCUT2D eigenvalue weighted by Crippen LogP contribution is -2.16. The number of hydrogen-bond acceptors (Lipinski definition) is 3. The lowest BCUT2D eigenvalue weighted by molar-refractivity contribution is 0.0697. The highest BCUT2D eigenvalue weighted by molar-refractivity contribution is 5.88. The molecule has 4 heteroatoms. The minimum Gasteiger partial charge on any atom is -0.478 e. The standard InChI is InChI=1S/C22H16N2O2/c23-12-19-13-24(20-9-7-16(8-10-20)22(25)26)14-21(19)18-6-5-15-3-1-2-4-17(15)11-18/h1-11,13,21H,14H2,(H,25,26). The second kappa shape index (κ2) is 6.38. The number of rotatable bonds is 3. The molecule has 0 aromatic heterocycles. The fourth-order valence-corrected chi connectivity index (χ4v) is 3.40. The Hall–Kier alpha value is -3.58. The highest BCUT2D eigenvalue weighted by atomic mass is 16.4. The Bertz CT molecular complexity index is 1060. The topological polar surface area (TPSA) is 64.3 Å². The van der Waals surface area contributed by atoms with Crippen molar-refractivity contribution < 1.29 is 9.90 Å². The van der Waals surface area contributed by atoms with E-state index in [-0.39, 0.29) is 11.5 Å². The highest BCUT2D eigenvalue weighted by Gasteiger charge is 2.27. The number of aromatic carboxylic acids is 1. The summed E-state index contributed by atoms with van der Waals surface area (Å²) in [6.45, 7) is 0.660. The van der Waals surface area contributed by atoms with E-state index < -0.39 is 5.97 Å². The summed E-state index contributed by atoms with van der Waals surface area (Å²) in [6.07, 6.45) is 1.86. The molecular formula is C22H16N2O2. The van der Waals surface area contributed by atoms with Gasteiger partial charge < -0.3 is 10.0 Å². The molecule has 0 radical (unpaired) electrons. The van der Waals surface area contributed by atoms with E-state index in [4.69, 9.17) is 5.11 Å². The zero-order chi connectivity index (χ0) is 18.1. The third-order valence-corrected chi connectivity index (χ3v) is 4.80. The van der Waals surface area contributed by atoms with E-state index in [1.165, 1.54) is 5.39 Å². The van der Waals surface area contributed by atoms with Crippen molar-refractivity contribution in [2.24, 2.45) is 0 Å². The maximum Gasteiger partial charge on any atom is 0.335 e. The van der Waals surface area contributed by atoms with Crippen molar-refractivity contribution in [2.75, 3.05) is 11.4 Å². The summed E-state index contributed by atoms with van der Waals surface area (Å²) >= 11 is 0. The lowest BCUT2D eigenvalue weighted by Gasteiger charge is -2.19. The largest absolute Gasteiger partial charge is 0.478 e. The van der Waals surface area contributed by atoms with Crippen molar-refractivity contribution in [3.63, 3.8) is 0 Å². The first-order valence-electron chi connectivity index (χ1n) is 8.36. The van der Waals surface area contributed by atoms with Gasteiger partial charge in [0.2, 0.25) is 0 Å². The number of nitriles is 1. The summed E-state index contributed by atoms with van der Waals surface area (Å²) in [5.41, 5.74) is 2.96. The van der Waals surface area contributed by atoms with Crippen molar-refractivity contribution in [3.05, 3.63) is 89.6 Å². The number of carboxylic acids is 1.